The molecule has 0 amide bonds. The fourth-order valence-corrected chi connectivity index (χ4v) is 4.78. The summed E-state index contributed by atoms with van der Waals surface area (Å²) < 4.78 is 52.2. The number of sulfone groups is 1. The molecule has 0 aliphatic carbocycles. The monoisotopic (exact) mass is 354 g/mol. The van der Waals surface area contributed by atoms with Crippen LogP contribution in [-0.4, -0.2) is 45.6 Å². The quantitative estimate of drug-likeness (QED) is 0.699. The van der Waals surface area contributed by atoms with E-state index in [1.54, 1.807) is 48.4 Å². The number of nitrogens with zero attached hydrogens (tertiary/aromatic N) is 2. The average Bonchev–Trinajstić information content (AvgIpc) is 2.45. The van der Waals surface area contributed by atoms with E-state index < -0.39 is 19.9 Å². The highest BCUT2D eigenvalue weighted by Crippen LogP contribution is 2.23. The van der Waals surface area contributed by atoms with Gasteiger partial charge in [0.25, 0.3) is 10.0 Å². The Balaban J connectivity index is 2.35. The Labute approximate surface area is 136 Å². The van der Waals surface area contributed by atoms with Gasteiger partial charge in [-0.2, -0.15) is 0 Å². The Hall–Kier alpha value is -1.93. The van der Waals surface area contributed by atoms with Gasteiger partial charge in [0.15, 0.2) is 15.7 Å². The second-order valence-electron chi connectivity index (χ2n) is 5.16. The fourth-order valence-electron chi connectivity index (χ4n) is 2.16. The zero-order chi connectivity index (χ0) is 17.1. The first kappa shape index (κ1) is 17.4. The number of allylic oxidation sites excluding steroid dienone is 6. The Morgan fingerprint density at radius 2 is 2.17 bits per heavy atom. The summed E-state index contributed by atoms with van der Waals surface area (Å²) in [5, 5.41) is 0. The van der Waals surface area contributed by atoms with E-state index in [0.717, 1.165) is 0 Å². The standard InChI is InChI=1S/C15H18N2O4S2/c1-3-4-5-7-13(2)12-22(18,19)14-8-6-9-17-10-11-23(20,21)16-15(14)17/h3-9H,1,10-12H2,2H3/b5-4-,13-7+. The van der Waals surface area contributed by atoms with E-state index in [0.29, 0.717) is 5.57 Å². The van der Waals surface area contributed by atoms with Crippen molar-refractivity contribution in [3.8, 4) is 0 Å². The largest absolute Gasteiger partial charge is 0.330 e. The van der Waals surface area contributed by atoms with Crippen LogP contribution in [0.5, 0.6) is 0 Å². The van der Waals surface area contributed by atoms with E-state index in [1.807, 2.05) is 0 Å². The SMILES string of the molecule is C=C/C=C\C=C(/C)CS(=O)(=O)C1=CC=CN2CCS(=O)(=O)N=C12. The molecule has 0 unspecified atom stereocenters. The van der Waals surface area contributed by atoms with Crippen LogP contribution in [0.2, 0.25) is 0 Å². The van der Waals surface area contributed by atoms with Gasteiger partial charge in [-0.1, -0.05) is 36.5 Å². The van der Waals surface area contributed by atoms with Crippen LogP contribution in [0.15, 0.2) is 64.1 Å². The Morgan fingerprint density at radius 3 is 2.87 bits per heavy atom. The van der Waals surface area contributed by atoms with Crippen molar-refractivity contribution in [2.75, 3.05) is 18.1 Å². The highest BCUT2D eigenvalue weighted by molar-refractivity contribution is 7.96. The van der Waals surface area contributed by atoms with Crippen LogP contribution in [-0.2, 0) is 19.9 Å². The average molecular weight is 354 g/mol. The van der Waals surface area contributed by atoms with E-state index in [-0.39, 0.29) is 28.8 Å². The first-order valence-electron chi connectivity index (χ1n) is 6.91. The molecule has 0 aromatic rings. The normalized spacial score (nSPS) is 20.9. The molecule has 0 bridgehead atoms. The molecule has 0 radical (unpaired) electrons. The molecular formula is C15H18N2O4S2. The highest BCUT2D eigenvalue weighted by atomic mass is 32.2. The number of hydrogen-bond donors (Lipinski definition) is 0. The maximum Gasteiger partial charge on any atom is 0.256 e. The number of sulfonamides is 1. The first-order valence-corrected chi connectivity index (χ1v) is 10.2. The van der Waals surface area contributed by atoms with Gasteiger partial charge in [-0.3, -0.25) is 0 Å². The van der Waals surface area contributed by atoms with Gasteiger partial charge in [0, 0.05) is 12.7 Å². The van der Waals surface area contributed by atoms with Gasteiger partial charge in [-0.15, -0.1) is 4.40 Å². The van der Waals surface area contributed by atoms with Crippen LogP contribution >= 0.6 is 0 Å². The van der Waals surface area contributed by atoms with Gasteiger partial charge in [-0.05, 0) is 19.1 Å². The van der Waals surface area contributed by atoms with E-state index in [2.05, 4.69) is 11.0 Å². The molecule has 0 N–H and O–H groups in total. The highest BCUT2D eigenvalue weighted by Gasteiger charge is 2.33. The zero-order valence-corrected chi connectivity index (χ0v) is 14.3. The van der Waals surface area contributed by atoms with Crippen molar-refractivity contribution in [2.45, 2.75) is 6.92 Å². The van der Waals surface area contributed by atoms with E-state index >= 15 is 0 Å². The minimum atomic E-state index is -3.70. The number of hydrogen-bond acceptors (Lipinski definition) is 5. The third-order valence-corrected chi connectivity index (χ3v) is 6.18. The summed E-state index contributed by atoms with van der Waals surface area (Å²) in [4.78, 5) is 1.48. The summed E-state index contributed by atoms with van der Waals surface area (Å²) in [6.45, 7) is 5.43. The summed E-state index contributed by atoms with van der Waals surface area (Å²) in [7, 11) is -7.32. The molecule has 0 fully saturated rings. The lowest BCUT2D eigenvalue weighted by molar-refractivity contribution is 0.547. The van der Waals surface area contributed by atoms with E-state index in [9.17, 15) is 16.8 Å². The van der Waals surface area contributed by atoms with Gasteiger partial charge in [-0.25, -0.2) is 16.8 Å². The minimum Gasteiger partial charge on any atom is -0.330 e. The van der Waals surface area contributed by atoms with Crippen molar-refractivity contribution >= 4 is 25.7 Å². The molecular weight excluding hydrogens is 336 g/mol. The van der Waals surface area contributed by atoms with Crippen LogP contribution in [0.1, 0.15) is 6.92 Å². The van der Waals surface area contributed by atoms with Gasteiger partial charge >= 0.3 is 0 Å². The lowest BCUT2D eigenvalue weighted by Crippen LogP contribution is -2.40. The van der Waals surface area contributed by atoms with Crippen molar-refractivity contribution in [3.05, 3.63) is 59.7 Å². The lowest BCUT2D eigenvalue weighted by Gasteiger charge is -2.28. The van der Waals surface area contributed by atoms with Crippen molar-refractivity contribution < 1.29 is 16.8 Å². The van der Waals surface area contributed by atoms with Crippen LogP contribution in [0, 0.1) is 0 Å². The second kappa shape index (κ2) is 6.67. The molecule has 0 saturated heterocycles. The van der Waals surface area contributed by atoms with Crippen molar-refractivity contribution in [2.24, 2.45) is 4.40 Å². The van der Waals surface area contributed by atoms with Crippen LogP contribution in [0.4, 0.5) is 0 Å². The van der Waals surface area contributed by atoms with Crippen LogP contribution in [0.3, 0.4) is 0 Å². The number of amidine groups is 1. The Bertz CT molecular complexity index is 857. The van der Waals surface area contributed by atoms with E-state index in [4.69, 9.17) is 0 Å². The van der Waals surface area contributed by atoms with Crippen molar-refractivity contribution in [1.82, 2.24) is 4.90 Å². The molecule has 0 atom stereocenters. The Kier molecular flexibility index (Phi) is 5.06. The summed E-state index contributed by atoms with van der Waals surface area (Å²) in [6, 6.07) is 0. The summed E-state index contributed by atoms with van der Waals surface area (Å²) in [5.74, 6) is -0.353. The van der Waals surface area contributed by atoms with Gasteiger partial charge < -0.3 is 4.90 Å². The Morgan fingerprint density at radius 1 is 1.43 bits per heavy atom. The predicted molar refractivity (Wildman–Crippen MR) is 92.0 cm³/mol. The molecule has 124 valence electrons. The molecule has 2 aliphatic rings. The zero-order valence-electron chi connectivity index (χ0n) is 12.7. The van der Waals surface area contributed by atoms with E-state index in [1.165, 1.54) is 6.08 Å². The van der Waals surface area contributed by atoms with Gasteiger partial charge in [0.2, 0.25) is 0 Å². The maximum atomic E-state index is 12.6. The third kappa shape index (κ3) is 4.29. The topological polar surface area (TPSA) is 83.9 Å². The van der Waals surface area contributed by atoms with Gasteiger partial charge in [0.05, 0.1) is 11.5 Å². The molecule has 0 spiro atoms. The van der Waals surface area contributed by atoms with Crippen LogP contribution in [0.25, 0.3) is 0 Å². The minimum absolute atomic E-state index is 0.0202. The molecule has 8 heteroatoms. The smallest absolute Gasteiger partial charge is 0.256 e. The van der Waals surface area contributed by atoms with Crippen LogP contribution < -0.4 is 0 Å². The second-order valence-corrected chi connectivity index (χ2v) is 8.87. The predicted octanol–water partition coefficient (Wildman–Crippen LogP) is 1.54. The molecule has 2 aliphatic heterocycles. The molecule has 0 saturated carbocycles. The summed E-state index contributed by atoms with van der Waals surface area (Å²) in [6.07, 6.45) is 11.3. The lowest BCUT2D eigenvalue weighted by atomic mass is 10.3. The summed E-state index contributed by atoms with van der Waals surface area (Å²) >= 11 is 0. The molecule has 6 nitrogen and oxygen atoms in total. The number of rotatable bonds is 5. The molecule has 23 heavy (non-hydrogen) atoms. The summed E-state index contributed by atoms with van der Waals surface area (Å²) in [5.41, 5.74) is 0.629. The molecule has 2 rings (SSSR count). The molecule has 0 aromatic carbocycles. The molecule has 2 heterocycles. The fraction of sp³-hybridized carbons (Fsp3) is 0.267. The third-order valence-electron chi connectivity index (χ3n) is 3.20. The van der Waals surface area contributed by atoms with Crippen molar-refractivity contribution in [1.29, 1.82) is 0 Å². The maximum absolute atomic E-state index is 12.6. The van der Waals surface area contributed by atoms with Crippen molar-refractivity contribution in [3.63, 3.8) is 0 Å². The molecule has 0 aromatic heterocycles. The first-order chi connectivity index (χ1) is 10.7. The van der Waals surface area contributed by atoms with Gasteiger partial charge in [0.1, 0.15) is 4.91 Å². The number of fused-ring (bicyclic) bond motifs is 1.